The van der Waals surface area contributed by atoms with Crippen molar-refractivity contribution in [3.8, 4) is 5.69 Å². The van der Waals surface area contributed by atoms with Gasteiger partial charge in [0.25, 0.3) is 0 Å². The molecule has 0 spiro atoms. The number of hydrogen-bond donors (Lipinski definition) is 1. The highest BCUT2D eigenvalue weighted by Gasteiger charge is 2.23. The van der Waals surface area contributed by atoms with E-state index in [9.17, 15) is 4.39 Å². The first-order valence-electron chi connectivity index (χ1n) is 5.86. The Morgan fingerprint density at radius 3 is 2.82 bits per heavy atom. The van der Waals surface area contributed by atoms with E-state index in [1.807, 2.05) is 30.3 Å². The van der Waals surface area contributed by atoms with Crippen LogP contribution >= 0.6 is 0 Å². The lowest BCUT2D eigenvalue weighted by atomic mass is 10.1. The van der Waals surface area contributed by atoms with Crippen molar-refractivity contribution < 1.29 is 4.39 Å². The standard InChI is InChI=1S/C13H14FN3/c14-12-9-17(11-4-2-1-3-5-11)16-13(12)10-6-7-15-8-10/h1-5,9-10,15H,6-8H2. The predicted molar refractivity (Wildman–Crippen MR) is 63.7 cm³/mol. The molecular weight excluding hydrogens is 217 g/mol. The highest BCUT2D eigenvalue weighted by molar-refractivity contribution is 5.31. The van der Waals surface area contributed by atoms with E-state index < -0.39 is 0 Å². The molecule has 1 aromatic carbocycles. The first-order valence-corrected chi connectivity index (χ1v) is 5.86. The van der Waals surface area contributed by atoms with Crippen LogP contribution in [-0.2, 0) is 0 Å². The molecule has 0 radical (unpaired) electrons. The topological polar surface area (TPSA) is 29.9 Å². The Morgan fingerprint density at radius 1 is 1.29 bits per heavy atom. The maximum absolute atomic E-state index is 13.8. The Hall–Kier alpha value is -1.68. The van der Waals surface area contributed by atoms with Gasteiger partial charge in [-0.3, -0.25) is 0 Å². The number of para-hydroxylation sites is 1. The molecular formula is C13H14FN3. The smallest absolute Gasteiger partial charge is 0.165 e. The lowest BCUT2D eigenvalue weighted by Gasteiger charge is -2.04. The van der Waals surface area contributed by atoms with Crippen LogP contribution < -0.4 is 5.32 Å². The lowest BCUT2D eigenvalue weighted by molar-refractivity contribution is 0.585. The van der Waals surface area contributed by atoms with E-state index >= 15 is 0 Å². The van der Waals surface area contributed by atoms with E-state index in [4.69, 9.17) is 0 Å². The molecule has 3 nitrogen and oxygen atoms in total. The fraction of sp³-hybridized carbons (Fsp3) is 0.308. The second-order valence-corrected chi connectivity index (χ2v) is 4.33. The molecule has 1 fully saturated rings. The fourth-order valence-corrected chi connectivity index (χ4v) is 2.24. The highest BCUT2D eigenvalue weighted by atomic mass is 19.1. The Morgan fingerprint density at radius 2 is 2.12 bits per heavy atom. The molecule has 1 aromatic heterocycles. The molecule has 1 atom stereocenters. The average molecular weight is 231 g/mol. The minimum atomic E-state index is -0.206. The lowest BCUT2D eigenvalue weighted by Crippen LogP contribution is -2.09. The van der Waals surface area contributed by atoms with E-state index in [0.29, 0.717) is 5.69 Å². The Balaban J connectivity index is 1.95. The fourth-order valence-electron chi connectivity index (χ4n) is 2.24. The number of hydrogen-bond acceptors (Lipinski definition) is 2. The minimum Gasteiger partial charge on any atom is -0.316 e. The van der Waals surface area contributed by atoms with Crippen molar-refractivity contribution in [2.75, 3.05) is 13.1 Å². The average Bonchev–Trinajstić information content (AvgIpc) is 2.99. The van der Waals surface area contributed by atoms with Crippen LogP contribution in [0.15, 0.2) is 36.5 Å². The van der Waals surface area contributed by atoms with E-state index in [1.54, 1.807) is 4.68 Å². The monoisotopic (exact) mass is 231 g/mol. The third-order valence-corrected chi connectivity index (χ3v) is 3.16. The SMILES string of the molecule is Fc1cn(-c2ccccc2)nc1C1CCNC1. The molecule has 0 aliphatic carbocycles. The van der Waals surface area contributed by atoms with E-state index in [-0.39, 0.29) is 11.7 Å². The van der Waals surface area contributed by atoms with E-state index in [1.165, 1.54) is 6.20 Å². The molecule has 0 bridgehead atoms. The summed E-state index contributed by atoms with van der Waals surface area (Å²) in [6.45, 7) is 1.77. The zero-order valence-electron chi connectivity index (χ0n) is 9.44. The number of nitrogens with zero attached hydrogens (tertiary/aromatic N) is 2. The summed E-state index contributed by atoms with van der Waals surface area (Å²) in [7, 11) is 0. The van der Waals surface area contributed by atoms with Gasteiger partial charge in [0.1, 0.15) is 5.69 Å². The van der Waals surface area contributed by atoms with Crippen molar-refractivity contribution in [2.45, 2.75) is 12.3 Å². The second-order valence-electron chi connectivity index (χ2n) is 4.33. The molecule has 4 heteroatoms. The predicted octanol–water partition coefficient (Wildman–Crippen LogP) is 2.09. The van der Waals surface area contributed by atoms with Gasteiger partial charge in [-0.15, -0.1) is 0 Å². The number of aromatic nitrogens is 2. The molecule has 2 heterocycles. The molecule has 3 rings (SSSR count). The molecule has 2 aromatic rings. The van der Waals surface area contributed by atoms with Crippen molar-refractivity contribution in [3.63, 3.8) is 0 Å². The molecule has 88 valence electrons. The first-order chi connectivity index (χ1) is 8.34. The molecule has 0 amide bonds. The summed E-state index contributed by atoms with van der Waals surface area (Å²) in [5.74, 6) is 0.00233. The van der Waals surface area contributed by atoms with Crippen molar-refractivity contribution in [1.82, 2.24) is 15.1 Å². The summed E-state index contributed by atoms with van der Waals surface area (Å²) in [4.78, 5) is 0. The van der Waals surface area contributed by atoms with Crippen LogP contribution in [0, 0.1) is 5.82 Å². The number of nitrogens with one attached hydrogen (secondary N) is 1. The van der Waals surface area contributed by atoms with Gasteiger partial charge in [0.2, 0.25) is 0 Å². The van der Waals surface area contributed by atoms with Crippen LogP contribution in [0.2, 0.25) is 0 Å². The van der Waals surface area contributed by atoms with Crippen molar-refractivity contribution in [1.29, 1.82) is 0 Å². The van der Waals surface area contributed by atoms with Crippen LogP contribution in [0.5, 0.6) is 0 Å². The Bertz CT molecular complexity index is 501. The third kappa shape index (κ3) is 1.96. The minimum absolute atomic E-state index is 0.206. The summed E-state index contributed by atoms with van der Waals surface area (Å²) in [6, 6.07) is 9.62. The molecule has 1 saturated heterocycles. The van der Waals surface area contributed by atoms with Crippen molar-refractivity contribution >= 4 is 0 Å². The van der Waals surface area contributed by atoms with E-state index in [0.717, 1.165) is 25.2 Å². The molecule has 1 aliphatic heterocycles. The Labute approximate surface area is 99.3 Å². The van der Waals surface area contributed by atoms with Gasteiger partial charge in [-0.2, -0.15) is 5.10 Å². The summed E-state index contributed by atoms with van der Waals surface area (Å²) < 4.78 is 15.5. The summed E-state index contributed by atoms with van der Waals surface area (Å²) >= 11 is 0. The summed E-state index contributed by atoms with van der Waals surface area (Å²) in [5.41, 5.74) is 1.47. The zero-order chi connectivity index (χ0) is 11.7. The Kier molecular flexibility index (Phi) is 2.65. The maximum atomic E-state index is 13.8. The summed E-state index contributed by atoms with van der Waals surface area (Å²) in [6.07, 6.45) is 2.42. The van der Waals surface area contributed by atoms with Gasteiger partial charge in [0, 0.05) is 12.5 Å². The van der Waals surface area contributed by atoms with Crippen LogP contribution in [0.25, 0.3) is 5.69 Å². The largest absolute Gasteiger partial charge is 0.316 e. The van der Waals surface area contributed by atoms with Crippen molar-refractivity contribution in [2.24, 2.45) is 0 Å². The highest BCUT2D eigenvalue weighted by Crippen LogP contribution is 2.24. The first kappa shape index (κ1) is 10.5. The van der Waals surface area contributed by atoms with E-state index in [2.05, 4.69) is 10.4 Å². The van der Waals surface area contributed by atoms with Gasteiger partial charge in [-0.25, -0.2) is 9.07 Å². The summed E-state index contributed by atoms with van der Waals surface area (Å²) in [5, 5.41) is 7.59. The van der Waals surface area contributed by atoms with Crippen molar-refractivity contribution in [3.05, 3.63) is 48.0 Å². The van der Waals surface area contributed by atoms with Crippen LogP contribution in [0.4, 0.5) is 4.39 Å². The third-order valence-electron chi connectivity index (χ3n) is 3.16. The van der Waals surface area contributed by atoms with Gasteiger partial charge in [-0.1, -0.05) is 18.2 Å². The molecule has 17 heavy (non-hydrogen) atoms. The zero-order valence-corrected chi connectivity index (χ0v) is 9.44. The normalized spacial score (nSPS) is 19.7. The second kappa shape index (κ2) is 4.30. The molecule has 0 saturated carbocycles. The van der Waals surface area contributed by atoms with Gasteiger partial charge in [0.05, 0.1) is 11.9 Å². The van der Waals surface area contributed by atoms with Crippen LogP contribution in [0.1, 0.15) is 18.0 Å². The van der Waals surface area contributed by atoms with Gasteiger partial charge >= 0.3 is 0 Å². The quantitative estimate of drug-likeness (QED) is 0.857. The molecule has 1 unspecified atom stereocenters. The molecule has 1 aliphatic rings. The van der Waals surface area contributed by atoms with Gasteiger partial charge < -0.3 is 5.32 Å². The van der Waals surface area contributed by atoms with Crippen LogP contribution in [-0.4, -0.2) is 22.9 Å². The van der Waals surface area contributed by atoms with Gasteiger partial charge in [-0.05, 0) is 25.1 Å². The molecule has 1 N–H and O–H groups in total. The number of rotatable bonds is 2. The number of halogens is 1. The van der Waals surface area contributed by atoms with Crippen LogP contribution in [0.3, 0.4) is 0 Å². The van der Waals surface area contributed by atoms with Gasteiger partial charge in [0.15, 0.2) is 5.82 Å². The number of benzene rings is 1. The maximum Gasteiger partial charge on any atom is 0.165 e.